The maximum atomic E-state index is 13.2. The molecule has 2 amide bonds. The normalized spacial score (nSPS) is 20.4. The number of benzene rings is 1. The fourth-order valence-corrected chi connectivity index (χ4v) is 4.49. The molecule has 0 unspecified atom stereocenters. The lowest BCUT2D eigenvalue weighted by atomic mass is 9.89. The number of anilines is 2. The Kier molecular flexibility index (Phi) is 4.72. The summed E-state index contributed by atoms with van der Waals surface area (Å²) in [6, 6.07) is 5.94. The Morgan fingerprint density at radius 1 is 1.29 bits per heavy atom. The van der Waals surface area contributed by atoms with Crippen molar-refractivity contribution in [1.82, 2.24) is 20.1 Å². The summed E-state index contributed by atoms with van der Waals surface area (Å²) in [5, 5.41) is 10.0. The largest absolute Gasteiger partial charge is 0.493 e. The molecule has 0 radical (unpaired) electrons. The zero-order chi connectivity index (χ0) is 21.5. The van der Waals surface area contributed by atoms with Gasteiger partial charge < -0.3 is 20.7 Å². The summed E-state index contributed by atoms with van der Waals surface area (Å²) in [5.74, 6) is 0.272. The maximum Gasteiger partial charge on any atom is 0.314 e. The van der Waals surface area contributed by atoms with Gasteiger partial charge >= 0.3 is 11.8 Å². The van der Waals surface area contributed by atoms with Crippen LogP contribution >= 0.6 is 0 Å². The van der Waals surface area contributed by atoms with Crippen molar-refractivity contribution in [3.05, 3.63) is 41.7 Å². The number of nitrogen functional groups attached to an aromatic ring is 1. The summed E-state index contributed by atoms with van der Waals surface area (Å²) in [6.45, 7) is 3.32. The van der Waals surface area contributed by atoms with Crippen molar-refractivity contribution >= 4 is 34.2 Å². The van der Waals surface area contributed by atoms with E-state index in [9.17, 15) is 9.59 Å². The van der Waals surface area contributed by atoms with E-state index in [1.165, 1.54) is 12.4 Å². The summed E-state index contributed by atoms with van der Waals surface area (Å²) in [5.41, 5.74) is 8.95. The van der Waals surface area contributed by atoms with Gasteiger partial charge in [0.05, 0.1) is 41.6 Å². The summed E-state index contributed by atoms with van der Waals surface area (Å²) in [7, 11) is 0. The standard InChI is InChI=1S/C22H24N6O3/c1-12-2-4-17(13-3-5-18-14(8-13)6-7-31-18)28(11-12)22(30)21(29)26-16-10-24-20(23)15-9-25-27-19(15)16/h3,5,8-10,12,17H,2,4,6-7,11H2,1H3,(H2,23,24)(H,25,27)(H,26,29)/t12-,17+/m0/s1. The van der Waals surface area contributed by atoms with E-state index in [2.05, 4.69) is 33.5 Å². The third kappa shape index (κ3) is 3.45. The quantitative estimate of drug-likeness (QED) is 0.547. The molecular weight excluding hydrogens is 396 g/mol. The molecular formula is C22H24N6O3. The van der Waals surface area contributed by atoms with Gasteiger partial charge in [-0.3, -0.25) is 14.7 Å². The number of piperidine rings is 1. The number of aromatic amines is 1. The molecule has 31 heavy (non-hydrogen) atoms. The lowest BCUT2D eigenvalue weighted by Gasteiger charge is -2.38. The highest BCUT2D eigenvalue weighted by Crippen LogP contribution is 2.36. The van der Waals surface area contributed by atoms with Gasteiger partial charge in [-0.1, -0.05) is 13.0 Å². The highest BCUT2D eigenvalue weighted by molar-refractivity contribution is 6.40. The van der Waals surface area contributed by atoms with Gasteiger partial charge in [0, 0.05) is 13.0 Å². The number of carbonyl (C=O) groups excluding carboxylic acids is 2. The number of nitrogens with one attached hydrogen (secondary N) is 2. The van der Waals surface area contributed by atoms with Crippen molar-refractivity contribution < 1.29 is 14.3 Å². The van der Waals surface area contributed by atoms with E-state index in [4.69, 9.17) is 10.5 Å². The number of nitrogens with two attached hydrogens (primary N) is 1. The molecule has 2 aliphatic heterocycles. The minimum atomic E-state index is -0.703. The van der Waals surface area contributed by atoms with E-state index in [1.807, 2.05) is 12.1 Å². The summed E-state index contributed by atoms with van der Waals surface area (Å²) >= 11 is 0. The zero-order valence-corrected chi connectivity index (χ0v) is 17.2. The van der Waals surface area contributed by atoms with Crippen LogP contribution in [-0.2, 0) is 16.0 Å². The van der Waals surface area contributed by atoms with Crippen LogP contribution in [0.3, 0.4) is 0 Å². The molecule has 0 saturated carbocycles. The van der Waals surface area contributed by atoms with Crippen molar-refractivity contribution in [3.63, 3.8) is 0 Å². The Bertz CT molecular complexity index is 1170. The number of carbonyl (C=O) groups is 2. The lowest BCUT2D eigenvalue weighted by Crippen LogP contribution is -2.46. The number of ether oxygens (including phenoxy) is 1. The second-order valence-corrected chi connectivity index (χ2v) is 8.29. The summed E-state index contributed by atoms with van der Waals surface area (Å²) in [4.78, 5) is 31.9. The molecule has 4 heterocycles. The molecule has 0 bridgehead atoms. The number of nitrogens with zero attached hydrogens (tertiary/aromatic N) is 3. The van der Waals surface area contributed by atoms with Crippen molar-refractivity contribution in [2.45, 2.75) is 32.2 Å². The Labute approximate surface area is 179 Å². The Morgan fingerprint density at radius 2 is 2.16 bits per heavy atom. The number of rotatable bonds is 2. The number of amides is 2. The van der Waals surface area contributed by atoms with Crippen LogP contribution in [0, 0.1) is 5.92 Å². The van der Waals surface area contributed by atoms with E-state index in [1.54, 1.807) is 4.90 Å². The van der Waals surface area contributed by atoms with Crippen LogP contribution < -0.4 is 15.8 Å². The van der Waals surface area contributed by atoms with Gasteiger partial charge in [0.2, 0.25) is 0 Å². The molecule has 2 aromatic heterocycles. The third-order valence-electron chi connectivity index (χ3n) is 6.14. The highest BCUT2D eigenvalue weighted by Gasteiger charge is 2.35. The first kappa shape index (κ1) is 19.3. The number of fused-ring (bicyclic) bond motifs is 2. The topological polar surface area (TPSA) is 126 Å². The van der Waals surface area contributed by atoms with E-state index in [-0.39, 0.29) is 6.04 Å². The third-order valence-corrected chi connectivity index (χ3v) is 6.14. The predicted octanol–water partition coefficient (Wildman–Crippen LogP) is 2.41. The van der Waals surface area contributed by atoms with Crippen LogP contribution in [0.15, 0.2) is 30.6 Å². The maximum absolute atomic E-state index is 13.2. The van der Waals surface area contributed by atoms with E-state index >= 15 is 0 Å². The fraction of sp³-hybridized carbons (Fsp3) is 0.364. The molecule has 1 saturated heterocycles. The average molecular weight is 420 g/mol. The number of hydrogen-bond acceptors (Lipinski definition) is 6. The second kappa shape index (κ2) is 7.57. The van der Waals surface area contributed by atoms with E-state index in [0.717, 1.165) is 36.1 Å². The van der Waals surface area contributed by atoms with Crippen LogP contribution in [0.25, 0.3) is 10.9 Å². The van der Waals surface area contributed by atoms with Crippen LogP contribution in [0.2, 0.25) is 0 Å². The van der Waals surface area contributed by atoms with Gasteiger partial charge in [-0.2, -0.15) is 5.10 Å². The molecule has 3 aromatic rings. The summed E-state index contributed by atoms with van der Waals surface area (Å²) in [6.07, 6.45) is 5.65. The number of pyridine rings is 1. The van der Waals surface area contributed by atoms with Crippen LogP contribution in [0.5, 0.6) is 5.75 Å². The van der Waals surface area contributed by atoms with Crippen LogP contribution in [0.1, 0.15) is 36.9 Å². The molecule has 1 fully saturated rings. The fourth-order valence-electron chi connectivity index (χ4n) is 4.49. The second-order valence-electron chi connectivity index (χ2n) is 8.29. The van der Waals surface area contributed by atoms with Crippen LogP contribution in [0.4, 0.5) is 11.5 Å². The van der Waals surface area contributed by atoms with E-state index < -0.39 is 11.8 Å². The van der Waals surface area contributed by atoms with Crippen LogP contribution in [-0.4, -0.2) is 45.0 Å². The van der Waals surface area contributed by atoms with Crippen molar-refractivity contribution in [2.75, 3.05) is 24.2 Å². The molecule has 0 spiro atoms. The monoisotopic (exact) mass is 420 g/mol. The SMILES string of the molecule is C[C@H]1CC[C@H](c2ccc3c(c2)CCO3)N(C(=O)C(=O)Nc2cnc(N)c3cn[nH]c23)C1. The minimum Gasteiger partial charge on any atom is -0.493 e. The van der Waals surface area contributed by atoms with Gasteiger partial charge in [-0.15, -0.1) is 0 Å². The Balaban J connectivity index is 1.40. The first-order valence-electron chi connectivity index (χ1n) is 10.5. The average Bonchev–Trinajstić information content (AvgIpc) is 3.44. The molecule has 1 aromatic carbocycles. The highest BCUT2D eigenvalue weighted by atomic mass is 16.5. The van der Waals surface area contributed by atoms with Gasteiger partial charge in [-0.05, 0) is 42.0 Å². The smallest absolute Gasteiger partial charge is 0.314 e. The molecule has 9 heteroatoms. The predicted molar refractivity (Wildman–Crippen MR) is 115 cm³/mol. The molecule has 9 nitrogen and oxygen atoms in total. The number of hydrogen-bond donors (Lipinski definition) is 3. The van der Waals surface area contributed by atoms with Gasteiger partial charge in [0.25, 0.3) is 0 Å². The molecule has 4 N–H and O–H groups in total. The van der Waals surface area contributed by atoms with Gasteiger partial charge in [0.15, 0.2) is 0 Å². The summed E-state index contributed by atoms with van der Waals surface area (Å²) < 4.78 is 5.61. The molecule has 2 atom stereocenters. The van der Waals surface area contributed by atoms with Crippen molar-refractivity contribution in [2.24, 2.45) is 5.92 Å². The number of aromatic nitrogens is 3. The van der Waals surface area contributed by atoms with Crippen molar-refractivity contribution in [1.29, 1.82) is 0 Å². The molecule has 2 aliphatic rings. The van der Waals surface area contributed by atoms with Crippen molar-refractivity contribution in [3.8, 4) is 5.75 Å². The zero-order valence-electron chi connectivity index (χ0n) is 17.2. The Morgan fingerprint density at radius 3 is 3.03 bits per heavy atom. The lowest BCUT2D eigenvalue weighted by molar-refractivity contribution is -0.146. The molecule has 160 valence electrons. The first-order valence-corrected chi connectivity index (χ1v) is 10.5. The number of H-pyrrole nitrogens is 1. The number of likely N-dealkylation sites (tertiary alicyclic amines) is 1. The Hall–Kier alpha value is -3.62. The molecule has 0 aliphatic carbocycles. The van der Waals surface area contributed by atoms with E-state index in [0.29, 0.717) is 41.5 Å². The first-order chi connectivity index (χ1) is 15.0. The minimum absolute atomic E-state index is 0.142. The van der Waals surface area contributed by atoms with Gasteiger partial charge in [0.1, 0.15) is 11.6 Å². The molecule has 5 rings (SSSR count). The van der Waals surface area contributed by atoms with Gasteiger partial charge in [-0.25, -0.2) is 4.98 Å².